The van der Waals surface area contributed by atoms with E-state index in [1.54, 1.807) is 51.1 Å². The molecule has 246 valence electrons. The first kappa shape index (κ1) is 33.4. The number of carboxylic acids is 1. The van der Waals surface area contributed by atoms with Gasteiger partial charge in [-0.05, 0) is 57.7 Å². The van der Waals surface area contributed by atoms with E-state index in [-0.39, 0.29) is 55.1 Å². The lowest BCUT2D eigenvalue weighted by molar-refractivity contribution is -0.165. The van der Waals surface area contributed by atoms with Crippen LogP contribution in [0.4, 0.5) is 13.6 Å². The molecule has 5 rings (SSSR count). The van der Waals surface area contributed by atoms with Crippen molar-refractivity contribution in [1.29, 1.82) is 0 Å². The second kappa shape index (κ2) is 13.8. The zero-order valence-corrected chi connectivity index (χ0v) is 26.5. The Morgan fingerprint density at radius 2 is 1.85 bits per heavy atom. The Morgan fingerprint density at radius 3 is 2.52 bits per heavy atom. The molecule has 2 heterocycles. The topological polar surface area (TPSA) is 113 Å². The van der Waals surface area contributed by atoms with E-state index in [0.29, 0.717) is 12.2 Å². The molecule has 9 nitrogen and oxygen atoms in total. The molecule has 2 N–H and O–H groups in total. The van der Waals surface area contributed by atoms with Crippen LogP contribution in [0, 0.1) is 11.6 Å². The Bertz CT molecular complexity index is 1590. The zero-order chi connectivity index (χ0) is 33.1. The van der Waals surface area contributed by atoms with E-state index in [0.717, 1.165) is 25.3 Å². The van der Waals surface area contributed by atoms with Gasteiger partial charge >= 0.3 is 12.1 Å². The first-order valence-corrected chi connectivity index (χ1v) is 15.4. The minimum atomic E-state index is -1.45. The van der Waals surface area contributed by atoms with Gasteiger partial charge in [-0.15, -0.1) is 0 Å². The number of amides is 1. The predicted molar refractivity (Wildman–Crippen MR) is 165 cm³/mol. The van der Waals surface area contributed by atoms with Crippen molar-refractivity contribution < 1.29 is 47.2 Å². The lowest BCUT2D eigenvalue weighted by Gasteiger charge is -2.30. The Labute approximate surface area is 270 Å². The molecule has 1 saturated heterocycles. The fourth-order valence-electron chi connectivity index (χ4n) is 5.60. The van der Waals surface area contributed by atoms with Gasteiger partial charge in [-0.25, -0.2) is 18.4 Å². The van der Waals surface area contributed by atoms with E-state index in [1.807, 2.05) is 0 Å². The summed E-state index contributed by atoms with van der Waals surface area (Å²) in [4.78, 5) is 25.0. The molecule has 0 spiro atoms. The number of halogens is 3. The fourth-order valence-corrected chi connectivity index (χ4v) is 5.86. The highest BCUT2D eigenvalue weighted by molar-refractivity contribution is 6.34. The van der Waals surface area contributed by atoms with Crippen molar-refractivity contribution in [2.75, 3.05) is 26.4 Å². The SMILES string of the molecule is CC(C)(C)OC(=O)NC[C@@]1(c2ccccc2)Cc2c(cc(F)c(Cl)c2-c2c(C(=O)O)ccc(OCCOC3CCCCO3)c2F)O1. The minimum Gasteiger partial charge on any atom is -0.488 e. The molecule has 2 aliphatic heterocycles. The second-order valence-electron chi connectivity index (χ2n) is 12.1. The standard InChI is InChI=1S/C34H36ClF2NO8/c1-33(2,3)46-32(41)38-19-34(20-9-5-4-6-10-20)18-22-25(45-34)17-23(36)29(35)27(22)28-21(31(39)40)12-13-24(30(28)37)42-15-16-44-26-11-7-8-14-43-26/h4-6,9-10,12-13,17,26H,7-8,11,14-16,18-19H2,1-3H3,(H,38,41)(H,39,40)/t26?,34-/m1/s1. The molecule has 0 radical (unpaired) electrons. The van der Waals surface area contributed by atoms with Gasteiger partial charge in [-0.2, -0.15) is 0 Å². The molecule has 1 fully saturated rings. The fraction of sp³-hybridized carbons (Fsp3) is 0.412. The molecule has 1 amide bonds. The molecule has 0 bridgehead atoms. The van der Waals surface area contributed by atoms with Crippen LogP contribution in [-0.2, 0) is 26.2 Å². The molecule has 0 aliphatic carbocycles. The molecule has 0 saturated carbocycles. The number of ether oxygens (including phenoxy) is 5. The number of hydrogen-bond donors (Lipinski definition) is 2. The summed E-state index contributed by atoms with van der Waals surface area (Å²) in [6.07, 6.45) is 1.60. The van der Waals surface area contributed by atoms with Gasteiger partial charge in [0.15, 0.2) is 23.5 Å². The Morgan fingerprint density at radius 1 is 1.09 bits per heavy atom. The summed E-state index contributed by atoms with van der Waals surface area (Å²) in [5.74, 6) is -3.67. The number of fused-ring (bicyclic) bond motifs is 1. The van der Waals surface area contributed by atoms with Crippen molar-refractivity contribution >= 4 is 23.7 Å². The van der Waals surface area contributed by atoms with Crippen LogP contribution in [0.15, 0.2) is 48.5 Å². The van der Waals surface area contributed by atoms with Crippen LogP contribution < -0.4 is 14.8 Å². The molecular weight excluding hydrogens is 624 g/mol. The van der Waals surface area contributed by atoms with Crippen molar-refractivity contribution in [3.8, 4) is 22.6 Å². The highest BCUT2D eigenvalue weighted by Gasteiger charge is 2.45. The molecular formula is C34H36ClF2NO8. The second-order valence-corrected chi connectivity index (χ2v) is 12.5. The average molecular weight is 660 g/mol. The maximum atomic E-state index is 16.3. The maximum Gasteiger partial charge on any atom is 0.407 e. The largest absolute Gasteiger partial charge is 0.488 e. The molecule has 46 heavy (non-hydrogen) atoms. The Kier molecular flexibility index (Phi) is 10.0. The number of alkyl carbamates (subject to hydrolysis) is 1. The van der Waals surface area contributed by atoms with Gasteiger partial charge in [0.2, 0.25) is 0 Å². The number of carbonyl (C=O) groups excluding carboxylic acids is 1. The number of carboxylic acid groups (broad SMARTS) is 1. The van der Waals surface area contributed by atoms with Crippen molar-refractivity contribution in [2.24, 2.45) is 0 Å². The van der Waals surface area contributed by atoms with E-state index < -0.39 is 51.0 Å². The third-order valence-corrected chi connectivity index (χ3v) is 8.01. The van der Waals surface area contributed by atoms with Gasteiger partial charge in [0.1, 0.15) is 23.8 Å². The van der Waals surface area contributed by atoms with Gasteiger partial charge in [-0.1, -0.05) is 41.9 Å². The molecule has 2 aliphatic rings. The summed E-state index contributed by atoms with van der Waals surface area (Å²) in [5, 5.41) is 12.3. The summed E-state index contributed by atoms with van der Waals surface area (Å²) in [7, 11) is 0. The van der Waals surface area contributed by atoms with E-state index in [2.05, 4.69) is 5.32 Å². The highest BCUT2D eigenvalue weighted by Crippen LogP contribution is 2.50. The summed E-state index contributed by atoms with van der Waals surface area (Å²) < 4.78 is 60.4. The zero-order valence-electron chi connectivity index (χ0n) is 25.8. The molecule has 2 atom stereocenters. The quantitative estimate of drug-likeness (QED) is 0.219. The van der Waals surface area contributed by atoms with Crippen LogP contribution in [0.5, 0.6) is 11.5 Å². The summed E-state index contributed by atoms with van der Waals surface area (Å²) >= 11 is 6.51. The van der Waals surface area contributed by atoms with E-state index in [9.17, 15) is 14.7 Å². The third-order valence-electron chi connectivity index (χ3n) is 7.64. The lowest BCUT2D eigenvalue weighted by Crippen LogP contribution is -2.45. The third kappa shape index (κ3) is 7.37. The predicted octanol–water partition coefficient (Wildman–Crippen LogP) is 7.26. The molecule has 3 aromatic rings. The van der Waals surface area contributed by atoms with E-state index in [1.165, 1.54) is 12.1 Å². The van der Waals surface area contributed by atoms with Gasteiger partial charge in [-0.3, -0.25) is 0 Å². The van der Waals surface area contributed by atoms with Gasteiger partial charge in [0, 0.05) is 35.8 Å². The number of rotatable bonds is 10. The van der Waals surface area contributed by atoms with Crippen LogP contribution in [0.2, 0.25) is 5.02 Å². The number of aromatic carboxylic acids is 1. The van der Waals surface area contributed by atoms with E-state index in [4.69, 9.17) is 35.3 Å². The molecule has 0 aromatic heterocycles. The van der Waals surface area contributed by atoms with Crippen LogP contribution >= 0.6 is 11.6 Å². The first-order valence-electron chi connectivity index (χ1n) is 15.0. The average Bonchev–Trinajstić information content (AvgIpc) is 3.39. The maximum absolute atomic E-state index is 16.3. The van der Waals surface area contributed by atoms with Gasteiger partial charge in [0.25, 0.3) is 0 Å². The lowest BCUT2D eigenvalue weighted by atomic mass is 9.85. The summed E-state index contributed by atoms with van der Waals surface area (Å²) in [6.45, 7) is 5.73. The van der Waals surface area contributed by atoms with Crippen molar-refractivity contribution in [1.82, 2.24) is 5.32 Å². The van der Waals surface area contributed by atoms with Crippen LogP contribution in [-0.4, -0.2) is 55.4 Å². The van der Waals surface area contributed by atoms with Crippen molar-refractivity contribution in [2.45, 2.75) is 63.9 Å². The van der Waals surface area contributed by atoms with Gasteiger partial charge < -0.3 is 34.1 Å². The monoisotopic (exact) mass is 659 g/mol. The minimum absolute atomic E-state index is 0.0176. The smallest absolute Gasteiger partial charge is 0.407 e. The normalized spacial score (nSPS) is 19.2. The molecule has 12 heteroatoms. The van der Waals surface area contributed by atoms with E-state index >= 15 is 8.78 Å². The van der Waals surface area contributed by atoms with Gasteiger partial charge in [0.05, 0.1) is 23.7 Å². The Balaban J connectivity index is 1.51. The Hall–Kier alpha value is -3.93. The van der Waals surface area contributed by atoms with Crippen molar-refractivity contribution in [3.05, 3.63) is 81.9 Å². The van der Waals surface area contributed by atoms with Crippen molar-refractivity contribution in [3.63, 3.8) is 0 Å². The summed E-state index contributed by atoms with van der Waals surface area (Å²) in [5.41, 5.74) is -2.25. The number of carbonyl (C=O) groups is 2. The summed E-state index contributed by atoms with van der Waals surface area (Å²) in [6, 6.07) is 12.4. The number of nitrogens with one attached hydrogen (secondary N) is 1. The van der Waals surface area contributed by atoms with Crippen LogP contribution in [0.3, 0.4) is 0 Å². The van der Waals surface area contributed by atoms with Crippen LogP contribution in [0.25, 0.3) is 11.1 Å². The molecule has 1 unspecified atom stereocenters. The molecule has 3 aromatic carbocycles. The first-order chi connectivity index (χ1) is 21.9. The van der Waals surface area contributed by atoms with Crippen LogP contribution in [0.1, 0.15) is 61.5 Å². The highest BCUT2D eigenvalue weighted by atomic mass is 35.5. The number of benzene rings is 3. The number of hydrogen-bond acceptors (Lipinski definition) is 7.